The van der Waals surface area contributed by atoms with Crippen LogP contribution in [0.15, 0.2) is 47.1 Å². The molecule has 2 N–H and O–H groups in total. The summed E-state index contributed by atoms with van der Waals surface area (Å²) in [5.41, 5.74) is 0.193. The van der Waals surface area contributed by atoms with Crippen LogP contribution in [0.5, 0.6) is 0 Å². The van der Waals surface area contributed by atoms with Crippen molar-refractivity contribution in [2.75, 3.05) is 11.9 Å². The maximum absolute atomic E-state index is 13.4. The van der Waals surface area contributed by atoms with Gasteiger partial charge >= 0.3 is 0 Å². The lowest BCUT2D eigenvalue weighted by molar-refractivity contribution is -0.115. The molecule has 0 bridgehead atoms. The second-order valence-corrected chi connectivity index (χ2v) is 4.59. The van der Waals surface area contributed by atoms with Crippen LogP contribution in [0, 0.1) is 5.82 Å². The number of furan rings is 1. The first kappa shape index (κ1) is 14.3. The van der Waals surface area contributed by atoms with E-state index in [-0.39, 0.29) is 24.2 Å². The van der Waals surface area contributed by atoms with Crippen molar-refractivity contribution in [3.05, 3.63) is 54.2 Å². The first-order valence-electron chi connectivity index (χ1n) is 6.45. The molecule has 1 atom stereocenters. The summed E-state index contributed by atoms with van der Waals surface area (Å²) in [5.74, 6) is 0.144. The Labute approximate surface area is 117 Å². The molecule has 1 amide bonds. The number of anilines is 1. The fourth-order valence-corrected chi connectivity index (χ4v) is 1.83. The SMILES string of the molecule is CC(Cc1ccco1)NCC(=O)Nc1ccccc1F. The predicted octanol–water partition coefficient (Wildman–Crippen LogP) is 2.58. The molecule has 1 aromatic heterocycles. The second kappa shape index (κ2) is 6.86. The number of nitrogens with one attached hydrogen (secondary N) is 2. The van der Waals surface area contributed by atoms with E-state index in [0.29, 0.717) is 6.42 Å². The van der Waals surface area contributed by atoms with Crippen LogP contribution in [-0.2, 0) is 11.2 Å². The number of rotatable bonds is 6. The number of hydrogen-bond donors (Lipinski definition) is 2. The van der Waals surface area contributed by atoms with Crippen LogP contribution in [-0.4, -0.2) is 18.5 Å². The van der Waals surface area contributed by atoms with Gasteiger partial charge in [-0.15, -0.1) is 0 Å². The Hall–Kier alpha value is -2.14. The molecular weight excluding hydrogens is 259 g/mol. The Morgan fingerprint density at radius 3 is 2.80 bits per heavy atom. The van der Waals surface area contributed by atoms with Crippen molar-refractivity contribution in [1.82, 2.24) is 5.32 Å². The molecule has 1 aromatic carbocycles. The lowest BCUT2D eigenvalue weighted by Crippen LogP contribution is -2.35. The minimum Gasteiger partial charge on any atom is -0.469 e. The highest BCUT2D eigenvalue weighted by molar-refractivity contribution is 5.92. The van der Waals surface area contributed by atoms with Gasteiger partial charge in [-0.25, -0.2) is 4.39 Å². The Balaban J connectivity index is 1.76. The Morgan fingerprint density at radius 2 is 2.10 bits per heavy atom. The van der Waals surface area contributed by atoms with Gasteiger partial charge in [0.2, 0.25) is 5.91 Å². The van der Waals surface area contributed by atoms with Gasteiger partial charge in [-0.1, -0.05) is 12.1 Å². The zero-order valence-electron chi connectivity index (χ0n) is 11.2. The van der Waals surface area contributed by atoms with Crippen molar-refractivity contribution in [3.63, 3.8) is 0 Å². The van der Waals surface area contributed by atoms with E-state index in [1.807, 2.05) is 19.1 Å². The molecular formula is C15H17FN2O2. The maximum Gasteiger partial charge on any atom is 0.238 e. The van der Waals surface area contributed by atoms with Gasteiger partial charge in [-0.05, 0) is 31.2 Å². The molecule has 0 fully saturated rings. The zero-order valence-corrected chi connectivity index (χ0v) is 11.2. The predicted molar refractivity (Wildman–Crippen MR) is 74.9 cm³/mol. The van der Waals surface area contributed by atoms with E-state index < -0.39 is 5.82 Å². The molecule has 2 aromatic rings. The normalized spacial score (nSPS) is 12.1. The lowest BCUT2D eigenvalue weighted by atomic mass is 10.2. The van der Waals surface area contributed by atoms with Gasteiger partial charge in [0, 0.05) is 12.5 Å². The van der Waals surface area contributed by atoms with Gasteiger partial charge in [0.05, 0.1) is 18.5 Å². The average Bonchev–Trinajstić information content (AvgIpc) is 2.92. The largest absolute Gasteiger partial charge is 0.469 e. The van der Waals surface area contributed by atoms with Crippen molar-refractivity contribution >= 4 is 11.6 Å². The maximum atomic E-state index is 13.4. The quantitative estimate of drug-likeness (QED) is 0.852. The van der Waals surface area contributed by atoms with Crippen molar-refractivity contribution in [2.24, 2.45) is 0 Å². The summed E-state index contributed by atoms with van der Waals surface area (Å²) >= 11 is 0. The average molecular weight is 276 g/mol. The van der Waals surface area contributed by atoms with Crippen molar-refractivity contribution in [1.29, 1.82) is 0 Å². The molecule has 106 valence electrons. The topological polar surface area (TPSA) is 54.3 Å². The Morgan fingerprint density at radius 1 is 1.30 bits per heavy atom. The molecule has 0 aliphatic rings. The molecule has 0 saturated heterocycles. The minimum absolute atomic E-state index is 0.0903. The highest BCUT2D eigenvalue weighted by Gasteiger charge is 2.09. The lowest BCUT2D eigenvalue weighted by Gasteiger charge is -2.12. The van der Waals surface area contributed by atoms with E-state index in [9.17, 15) is 9.18 Å². The number of amides is 1. The molecule has 0 saturated carbocycles. The summed E-state index contributed by atoms with van der Waals surface area (Å²) in [5, 5.41) is 5.59. The van der Waals surface area contributed by atoms with E-state index in [1.54, 1.807) is 18.4 Å². The first-order chi connectivity index (χ1) is 9.65. The van der Waals surface area contributed by atoms with Crippen LogP contribution in [0.3, 0.4) is 0 Å². The van der Waals surface area contributed by atoms with Crippen LogP contribution >= 0.6 is 0 Å². The zero-order chi connectivity index (χ0) is 14.4. The molecule has 4 nitrogen and oxygen atoms in total. The fraction of sp³-hybridized carbons (Fsp3) is 0.267. The number of benzene rings is 1. The number of carbonyl (C=O) groups excluding carboxylic acids is 1. The second-order valence-electron chi connectivity index (χ2n) is 4.59. The van der Waals surface area contributed by atoms with Gasteiger partial charge in [0.1, 0.15) is 11.6 Å². The highest BCUT2D eigenvalue weighted by atomic mass is 19.1. The summed E-state index contributed by atoms with van der Waals surface area (Å²) < 4.78 is 18.6. The Bertz CT molecular complexity index is 555. The molecule has 0 aliphatic carbocycles. The van der Waals surface area contributed by atoms with E-state index in [0.717, 1.165) is 5.76 Å². The summed E-state index contributed by atoms with van der Waals surface area (Å²) in [6.45, 7) is 2.08. The van der Waals surface area contributed by atoms with Crippen molar-refractivity contribution in [2.45, 2.75) is 19.4 Å². The fourth-order valence-electron chi connectivity index (χ4n) is 1.83. The third-order valence-electron chi connectivity index (χ3n) is 2.85. The number of carbonyl (C=O) groups is 1. The van der Waals surface area contributed by atoms with Crippen LogP contribution < -0.4 is 10.6 Å². The summed E-state index contributed by atoms with van der Waals surface area (Å²) in [6.07, 6.45) is 2.31. The van der Waals surface area contributed by atoms with Gasteiger partial charge in [-0.2, -0.15) is 0 Å². The van der Waals surface area contributed by atoms with Crippen molar-refractivity contribution in [3.8, 4) is 0 Å². The van der Waals surface area contributed by atoms with Crippen LogP contribution in [0.4, 0.5) is 10.1 Å². The monoisotopic (exact) mass is 276 g/mol. The number of para-hydroxylation sites is 1. The minimum atomic E-state index is -0.440. The molecule has 0 spiro atoms. The molecule has 0 radical (unpaired) electrons. The summed E-state index contributed by atoms with van der Waals surface area (Å²) in [6, 6.07) is 9.89. The standard InChI is InChI=1S/C15H17FN2O2/c1-11(9-12-5-4-8-20-12)17-10-15(19)18-14-7-3-2-6-13(14)16/h2-8,11,17H,9-10H2,1H3,(H,18,19). The van der Waals surface area contributed by atoms with E-state index in [4.69, 9.17) is 4.42 Å². The molecule has 1 unspecified atom stereocenters. The molecule has 2 rings (SSSR count). The van der Waals surface area contributed by atoms with Gasteiger partial charge < -0.3 is 15.1 Å². The van der Waals surface area contributed by atoms with Gasteiger partial charge in [0.25, 0.3) is 0 Å². The van der Waals surface area contributed by atoms with E-state index >= 15 is 0 Å². The first-order valence-corrected chi connectivity index (χ1v) is 6.45. The third kappa shape index (κ3) is 4.20. The third-order valence-corrected chi connectivity index (χ3v) is 2.85. The number of halogens is 1. The number of hydrogen-bond acceptors (Lipinski definition) is 3. The molecule has 20 heavy (non-hydrogen) atoms. The molecule has 5 heteroatoms. The summed E-state index contributed by atoms with van der Waals surface area (Å²) in [7, 11) is 0. The van der Waals surface area contributed by atoms with Crippen LogP contribution in [0.2, 0.25) is 0 Å². The van der Waals surface area contributed by atoms with Gasteiger partial charge in [-0.3, -0.25) is 4.79 Å². The highest BCUT2D eigenvalue weighted by Crippen LogP contribution is 2.11. The van der Waals surface area contributed by atoms with E-state index in [1.165, 1.54) is 12.1 Å². The molecule has 0 aliphatic heterocycles. The van der Waals surface area contributed by atoms with Crippen LogP contribution in [0.25, 0.3) is 0 Å². The summed E-state index contributed by atoms with van der Waals surface area (Å²) in [4.78, 5) is 11.7. The van der Waals surface area contributed by atoms with E-state index in [2.05, 4.69) is 10.6 Å². The van der Waals surface area contributed by atoms with Gasteiger partial charge in [0.15, 0.2) is 0 Å². The van der Waals surface area contributed by atoms with Crippen molar-refractivity contribution < 1.29 is 13.6 Å². The Kier molecular flexibility index (Phi) is 4.90. The molecule has 1 heterocycles. The van der Waals surface area contributed by atoms with Crippen LogP contribution in [0.1, 0.15) is 12.7 Å². The smallest absolute Gasteiger partial charge is 0.238 e.